The summed E-state index contributed by atoms with van der Waals surface area (Å²) in [6.07, 6.45) is 8.70. The molecule has 0 amide bonds. The molecule has 3 heterocycles. The number of rotatable bonds is 3. The van der Waals surface area contributed by atoms with Crippen LogP contribution in [0.25, 0.3) is 11.2 Å². The van der Waals surface area contributed by atoms with Crippen LogP contribution in [-0.4, -0.2) is 38.2 Å². The van der Waals surface area contributed by atoms with E-state index in [1.54, 1.807) is 10.8 Å². The van der Waals surface area contributed by atoms with Crippen LogP contribution >= 0.6 is 12.4 Å². The Kier molecular flexibility index (Phi) is 4.03. The quantitative estimate of drug-likeness (QED) is 0.868. The van der Waals surface area contributed by atoms with Crippen LogP contribution in [0.2, 0.25) is 0 Å². The summed E-state index contributed by atoms with van der Waals surface area (Å²) in [4.78, 5) is 21.8. The van der Waals surface area contributed by atoms with Gasteiger partial charge in [0.15, 0.2) is 5.65 Å². The number of hydrogen-bond acceptors (Lipinski definition) is 5. The maximum atomic E-state index is 12.6. The van der Waals surface area contributed by atoms with Gasteiger partial charge in [0.05, 0.1) is 6.20 Å². The van der Waals surface area contributed by atoms with E-state index < -0.39 is 0 Å². The van der Waals surface area contributed by atoms with Gasteiger partial charge in [-0.1, -0.05) is 12.8 Å². The predicted octanol–water partition coefficient (Wildman–Crippen LogP) is 1.83. The number of hydrogen-bond donors (Lipinski definition) is 2. The van der Waals surface area contributed by atoms with Gasteiger partial charge < -0.3 is 10.6 Å². The van der Waals surface area contributed by atoms with Crippen molar-refractivity contribution in [1.82, 2.24) is 24.4 Å². The number of imidazole rings is 1. The van der Waals surface area contributed by atoms with Crippen molar-refractivity contribution in [3.63, 3.8) is 0 Å². The first-order chi connectivity index (χ1) is 11.7. The number of anilines is 1. The summed E-state index contributed by atoms with van der Waals surface area (Å²) in [5.41, 5.74) is 2.17. The molecule has 2 aromatic rings. The van der Waals surface area contributed by atoms with Gasteiger partial charge in [0, 0.05) is 32.2 Å². The Hall–Kier alpha value is -1.60. The van der Waals surface area contributed by atoms with Crippen molar-refractivity contribution < 1.29 is 0 Å². The molecule has 0 aromatic carbocycles. The second-order valence-corrected chi connectivity index (χ2v) is 7.91. The maximum absolute atomic E-state index is 12.6. The molecule has 2 saturated carbocycles. The topological polar surface area (TPSA) is 76.8 Å². The van der Waals surface area contributed by atoms with Crippen molar-refractivity contribution in [3.8, 4) is 0 Å². The molecule has 2 aliphatic carbocycles. The van der Waals surface area contributed by atoms with Crippen LogP contribution in [0.3, 0.4) is 0 Å². The summed E-state index contributed by atoms with van der Waals surface area (Å²) in [6.45, 7) is 2.29. The molecule has 1 saturated heterocycles. The Morgan fingerprint density at radius 1 is 1.28 bits per heavy atom. The third-order valence-corrected chi connectivity index (χ3v) is 6.21. The highest BCUT2D eigenvalue weighted by atomic mass is 35.5. The van der Waals surface area contributed by atoms with Crippen molar-refractivity contribution in [2.75, 3.05) is 18.4 Å². The molecule has 1 aliphatic heterocycles. The summed E-state index contributed by atoms with van der Waals surface area (Å²) in [5, 5.41) is 6.83. The second kappa shape index (κ2) is 5.99. The van der Waals surface area contributed by atoms with Crippen LogP contribution in [0.1, 0.15) is 44.6 Å². The first kappa shape index (κ1) is 16.8. The molecule has 7 nitrogen and oxygen atoms in total. The Morgan fingerprint density at radius 3 is 2.64 bits per heavy atom. The molecule has 2 aromatic heterocycles. The molecular formula is C17H25ClN6O. The minimum Gasteiger partial charge on any atom is -0.351 e. The minimum atomic E-state index is 0. The molecule has 25 heavy (non-hydrogen) atoms. The van der Waals surface area contributed by atoms with E-state index in [9.17, 15) is 4.79 Å². The predicted molar refractivity (Wildman–Crippen MR) is 99.5 cm³/mol. The van der Waals surface area contributed by atoms with Crippen molar-refractivity contribution in [2.45, 2.75) is 50.6 Å². The molecule has 3 aliphatic rings. The van der Waals surface area contributed by atoms with Crippen molar-refractivity contribution in [1.29, 1.82) is 0 Å². The van der Waals surface area contributed by atoms with Gasteiger partial charge >= 0.3 is 5.69 Å². The Morgan fingerprint density at radius 2 is 2.00 bits per heavy atom. The fourth-order valence-corrected chi connectivity index (χ4v) is 4.73. The van der Waals surface area contributed by atoms with Crippen molar-refractivity contribution >= 4 is 29.5 Å². The van der Waals surface area contributed by atoms with Gasteiger partial charge in [0.1, 0.15) is 5.52 Å². The first-order valence-corrected chi connectivity index (χ1v) is 9.06. The van der Waals surface area contributed by atoms with E-state index in [-0.39, 0.29) is 24.1 Å². The monoisotopic (exact) mass is 364 g/mol. The van der Waals surface area contributed by atoms with Crippen LogP contribution in [0.15, 0.2) is 11.0 Å². The summed E-state index contributed by atoms with van der Waals surface area (Å²) >= 11 is 0. The molecule has 2 N–H and O–H groups in total. The van der Waals surface area contributed by atoms with E-state index >= 15 is 0 Å². The summed E-state index contributed by atoms with van der Waals surface area (Å²) in [7, 11) is 1.81. The van der Waals surface area contributed by atoms with E-state index in [2.05, 4.69) is 15.6 Å². The van der Waals surface area contributed by atoms with Crippen LogP contribution in [0.5, 0.6) is 0 Å². The van der Waals surface area contributed by atoms with E-state index in [0.29, 0.717) is 17.4 Å². The molecule has 5 rings (SSSR count). The highest BCUT2D eigenvalue weighted by Crippen LogP contribution is 2.45. The van der Waals surface area contributed by atoms with Crippen LogP contribution in [-0.2, 0) is 7.05 Å². The average molecular weight is 365 g/mol. The van der Waals surface area contributed by atoms with Crippen LogP contribution < -0.4 is 16.3 Å². The maximum Gasteiger partial charge on any atom is 0.330 e. The van der Waals surface area contributed by atoms with E-state index in [1.165, 1.54) is 25.7 Å². The lowest BCUT2D eigenvalue weighted by molar-refractivity contribution is 0.0468. The van der Waals surface area contributed by atoms with Gasteiger partial charge in [-0.15, -0.1) is 12.4 Å². The Bertz CT molecular complexity index is 841. The zero-order chi connectivity index (χ0) is 16.3. The number of nitrogens with zero attached hydrogens (tertiary/aromatic N) is 4. The van der Waals surface area contributed by atoms with Crippen molar-refractivity contribution in [3.05, 3.63) is 16.7 Å². The van der Waals surface area contributed by atoms with Gasteiger partial charge in [-0.25, -0.2) is 9.78 Å². The molecule has 8 heteroatoms. The average Bonchev–Trinajstić information content (AvgIpc) is 3.09. The molecular weight excluding hydrogens is 340 g/mol. The SMILES string of the molecule is Cl.Cn1c(=O)n(C2CCCC2)c2nc(NC3CC4(CNC4)C3)ncc21. The third-order valence-electron chi connectivity index (χ3n) is 6.21. The first-order valence-electron chi connectivity index (χ1n) is 9.06. The molecule has 1 spiro atoms. The number of halogens is 1. The van der Waals surface area contributed by atoms with Gasteiger partial charge in [-0.2, -0.15) is 4.98 Å². The van der Waals surface area contributed by atoms with Gasteiger partial charge in [0.2, 0.25) is 5.95 Å². The van der Waals surface area contributed by atoms with E-state index in [1.807, 2.05) is 11.6 Å². The summed E-state index contributed by atoms with van der Waals surface area (Å²) in [6, 6.07) is 0.747. The second-order valence-electron chi connectivity index (χ2n) is 7.91. The smallest absolute Gasteiger partial charge is 0.330 e. The zero-order valence-corrected chi connectivity index (χ0v) is 15.3. The molecule has 0 bridgehead atoms. The lowest BCUT2D eigenvalue weighted by Gasteiger charge is -2.54. The standard InChI is InChI=1S/C17H24N6O.ClH/c1-22-13-8-19-15(20-11-6-17(7-11)9-18-10-17)21-14(13)23(16(22)24)12-4-2-3-5-12;/h8,11-12,18H,2-7,9-10H2,1H3,(H,19,20,21);1H. The largest absolute Gasteiger partial charge is 0.351 e. The third kappa shape index (κ3) is 2.56. The Labute approximate surface area is 152 Å². The highest BCUT2D eigenvalue weighted by Gasteiger charge is 2.48. The molecule has 0 radical (unpaired) electrons. The Balaban J connectivity index is 0.00000157. The van der Waals surface area contributed by atoms with Gasteiger partial charge in [0.25, 0.3) is 0 Å². The van der Waals surface area contributed by atoms with Crippen LogP contribution in [0, 0.1) is 5.41 Å². The van der Waals surface area contributed by atoms with E-state index in [4.69, 9.17) is 4.98 Å². The molecule has 3 fully saturated rings. The van der Waals surface area contributed by atoms with E-state index in [0.717, 1.165) is 37.1 Å². The summed E-state index contributed by atoms with van der Waals surface area (Å²) < 4.78 is 3.57. The fraction of sp³-hybridized carbons (Fsp3) is 0.706. The van der Waals surface area contributed by atoms with Gasteiger partial charge in [-0.05, 0) is 31.1 Å². The van der Waals surface area contributed by atoms with Gasteiger partial charge in [-0.3, -0.25) is 9.13 Å². The zero-order valence-electron chi connectivity index (χ0n) is 14.5. The molecule has 0 atom stereocenters. The number of nitrogens with one attached hydrogen (secondary N) is 2. The normalized spacial score (nSPS) is 22.6. The minimum absolute atomic E-state index is 0. The number of aryl methyl sites for hydroxylation is 1. The number of fused-ring (bicyclic) bond motifs is 1. The molecule has 136 valence electrons. The van der Waals surface area contributed by atoms with Crippen molar-refractivity contribution in [2.24, 2.45) is 12.5 Å². The lowest BCUT2D eigenvalue weighted by atomic mass is 9.62. The lowest BCUT2D eigenvalue weighted by Crippen LogP contribution is -2.63. The van der Waals surface area contributed by atoms with Crippen LogP contribution in [0.4, 0.5) is 5.95 Å². The summed E-state index contributed by atoms with van der Waals surface area (Å²) in [5.74, 6) is 0.659. The molecule has 0 unspecified atom stereocenters. The fourth-order valence-electron chi connectivity index (χ4n) is 4.73. The highest BCUT2D eigenvalue weighted by molar-refractivity contribution is 5.85. The number of aromatic nitrogens is 4.